The molecular formula is C10H14BrN3. The molecule has 14 heavy (non-hydrogen) atoms. The van der Waals surface area contributed by atoms with Crippen LogP contribution in [0.15, 0.2) is 16.7 Å². The van der Waals surface area contributed by atoms with Crippen molar-refractivity contribution in [1.29, 1.82) is 0 Å². The molecule has 0 N–H and O–H groups in total. The fraction of sp³-hybridized carbons (Fsp3) is 0.600. The van der Waals surface area contributed by atoms with Crippen LogP contribution in [0.3, 0.4) is 0 Å². The molecule has 76 valence electrons. The highest BCUT2D eigenvalue weighted by atomic mass is 79.9. The molecule has 1 unspecified atom stereocenters. The summed E-state index contributed by atoms with van der Waals surface area (Å²) in [6, 6.07) is 2.55. The van der Waals surface area contributed by atoms with E-state index in [-0.39, 0.29) is 0 Å². The van der Waals surface area contributed by atoms with E-state index < -0.39 is 0 Å². The Balaban J connectivity index is 2.21. The average molecular weight is 256 g/mol. The Morgan fingerprint density at radius 2 is 2.50 bits per heavy atom. The summed E-state index contributed by atoms with van der Waals surface area (Å²) in [4.78, 5) is 2.45. The van der Waals surface area contributed by atoms with Gasteiger partial charge in [0.25, 0.3) is 0 Å². The molecule has 1 aromatic rings. The largest absolute Gasteiger partial charge is 0.295 e. The van der Waals surface area contributed by atoms with E-state index >= 15 is 0 Å². The van der Waals surface area contributed by atoms with Gasteiger partial charge in [-0.15, -0.1) is 0 Å². The van der Waals surface area contributed by atoms with Crippen molar-refractivity contribution in [2.45, 2.75) is 25.8 Å². The number of hydrogen-bond acceptors (Lipinski definition) is 3. The highest BCUT2D eigenvalue weighted by Crippen LogP contribution is 2.30. The van der Waals surface area contributed by atoms with Gasteiger partial charge in [0, 0.05) is 4.47 Å². The van der Waals surface area contributed by atoms with Crippen LogP contribution in [0.1, 0.15) is 31.5 Å². The van der Waals surface area contributed by atoms with Crippen molar-refractivity contribution in [3.05, 3.63) is 22.4 Å². The van der Waals surface area contributed by atoms with E-state index in [1.165, 1.54) is 19.4 Å². The average Bonchev–Trinajstić information content (AvgIpc) is 2.65. The number of aromatic nitrogens is 2. The predicted octanol–water partition coefficient (Wildman–Crippen LogP) is 2.40. The van der Waals surface area contributed by atoms with Crippen LogP contribution in [-0.2, 0) is 0 Å². The minimum Gasteiger partial charge on any atom is -0.295 e. The molecule has 0 saturated carbocycles. The Labute approximate surface area is 92.7 Å². The summed E-state index contributed by atoms with van der Waals surface area (Å²) >= 11 is 3.43. The fourth-order valence-electron chi connectivity index (χ4n) is 2.06. The summed E-state index contributed by atoms with van der Waals surface area (Å²) in [5, 5.41) is 8.17. The van der Waals surface area contributed by atoms with Gasteiger partial charge in [-0.05, 0) is 47.9 Å². The van der Waals surface area contributed by atoms with E-state index in [0.29, 0.717) is 6.04 Å². The van der Waals surface area contributed by atoms with Crippen LogP contribution in [0.2, 0.25) is 0 Å². The molecule has 4 heteroatoms. The molecule has 2 heterocycles. The van der Waals surface area contributed by atoms with Crippen molar-refractivity contribution in [2.24, 2.45) is 0 Å². The maximum Gasteiger partial charge on any atom is 0.0813 e. The first-order chi connectivity index (χ1) is 6.81. The number of rotatable bonds is 2. The van der Waals surface area contributed by atoms with Crippen LogP contribution in [0, 0.1) is 0 Å². The minimum absolute atomic E-state index is 0.477. The Kier molecular flexibility index (Phi) is 3.13. The van der Waals surface area contributed by atoms with Gasteiger partial charge >= 0.3 is 0 Å². The third kappa shape index (κ3) is 1.96. The van der Waals surface area contributed by atoms with Crippen molar-refractivity contribution >= 4 is 15.9 Å². The third-order valence-corrected chi connectivity index (χ3v) is 3.18. The van der Waals surface area contributed by atoms with Gasteiger partial charge in [-0.3, -0.25) is 4.90 Å². The summed E-state index contributed by atoms with van der Waals surface area (Å²) in [6.45, 7) is 4.48. The Hall–Kier alpha value is -0.480. The van der Waals surface area contributed by atoms with Crippen LogP contribution >= 0.6 is 15.9 Å². The van der Waals surface area contributed by atoms with Gasteiger partial charge in [0.05, 0.1) is 17.9 Å². The summed E-state index contributed by atoms with van der Waals surface area (Å²) in [6.07, 6.45) is 4.21. The number of halogens is 1. The van der Waals surface area contributed by atoms with Crippen molar-refractivity contribution in [3.63, 3.8) is 0 Å². The zero-order valence-electron chi connectivity index (χ0n) is 8.28. The van der Waals surface area contributed by atoms with Crippen LogP contribution in [0.25, 0.3) is 0 Å². The normalized spacial score (nSPS) is 22.9. The molecule has 1 fully saturated rings. The zero-order valence-corrected chi connectivity index (χ0v) is 9.87. The lowest BCUT2D eigenvalue weighted by molar-refractivity contribution is 0.265. The lowest BCUT2D eigenvalue weighted by Gasteiger charge is -2.21. The van der Waals surface area contributed by atoms with E-state index in [2.05, 4.69) is 44.0 Å². The summed E-state index contributed by atoms with van der Waals surface area (Å²) in [5.41, 5.74) is 1.10. The highest BCUT2D eigenvalue weighted by Gasteiger charge is 2.25. The molecule has 1 aliphatic heterocycles. The maximum absolute atomic E-state index is 4.20. The first-order valence-corrected chi connectivity index (χ1v) is 5.82. The Bertz CT molecular complexity index is 316. The van der Waals surface area contributed by atoms with Gasteiger partial charge in [-0.2, -0.15) is 10.2 Å². The Morgan fingerprint density at radius 3 is 3.21 bits per heavy atom. The molecule has 0 bridgehead atoms. The van der Waals surface area contributed by atoms with E-state index in [1.54, 1.807) is 6.20 Å². The zero-order chi connectivity index (χ0) is 9.97. The quantitative estimate of drug-likeness (QED) is 0.813. The summed E-state index contributed by atoms with van der Waals surface area (Å²) in [7, 11) is 0. The van der Waals surface area contributed by atoms with E-state index in [1.807, 2.05) is 0 Å². The highest BCUT2D eigenvalue weighted by molar-refractivity contribution is 9.10. The molecule has 0 radical (unpaired) electrons. The van der Waals surface area contributed by atoms with Gasteiger partial charge in [0.1, 0.15) is 0 Å². The number of likely N-dealkylation sites (tertiary alicyclic amines) is 1. The van der Waals surface area contributed by atoms with Crippen molar-refractivity contribution < 1.29 is 0 Å². The molecule has 2 rings (SSSR count). The van der Waals surface area contributed by atoms with Crippen molar-refractivity contribution in [2.75, 3.05) is 13.1 Å². The second-order valence-corrected chi connectivity index (χ2v) is 4.50. The molecule has 0 amide bonds. The smallest absolute Gasteiger partial charge is 0.0813 e. The van der Waals surface area contributed by atoms with Crippen molar-refractivity contribution in [3.8, 4) is 0 Å². The molecular weight excluding hydrogens is 242 g/mol. The van der Waals surface area contributed by atoms with Gasteiger partial charge in [-0.25, -0.2) is 0 Å². The fourth-order valence-corrected chi connectivity index (χ4v) is 2.39. The van der Waals surface area contributed by atoms with Gasteiger partial charge in [-0.1, -0.05) is 6.92 Å². The monoisotopic (exact) mass is 255 g/mol. The van der Waals surface area contributed by atoms with Crippen LogP contribution in [0.5, 0.6) is 0 Å². The van der Waals surface area contributed by atoms with Crippen LogP contribution in [-0.4, -0.2) is 28.2 Å². The molecule has 0 aliphatic carbocycles. The van der Waals surface area contributed by atoms with Crippen LogP contribution in [0.4, 0.5) is 0 Å². The first kappa shape index (κ1) is 10.1. The van der Waals surface area contributed by atoms with Crippen molar-refractivity contribution in [1.82, 2.24) is 15.1 Å². The maximum atomic E-state index is 4.20. The van der Waals surface area contributed by atoms with Gasteiger partial charge < -0.3 is 0 Å². The molecule has 1 aliphatic rings. The van der Waals surface area contributed by atoms with Gasteiger partial charge in [0.2, 0.25) is 0 Å². The van der Waals surface area contributed by atoms with E-state index in [0.717, 1.165) is 16.7 Å². The topological polar surface area (TPSA) is 29.0 Å². The van der Waals surface area contributed by atoms with E-state index in [4.69, 9.17) is 0 Å². The molecule has 0 aromatic carbocycles. The molecule has 3 nitrogen and oxygen atoms in total. The standard InChI is InChI=1S/C10H14BrN3/c1-2-14-5-3-4-10(14)9-6-8(11)7-12-13-9/h6-7,10H,2-5H2,1H3. The second-order valence-electron chi connectivity index (χ2n) is 3.59. The number of nitrogens with zero attached hydrogens (tertiary/aromatic N) is 3. The van der Waals surface area contributed by atoms with Gasteiger partial charge in [0.15, 0.2) is 0 Å². The molecule has 1 atom stereocenters. The molecule has 1 aromatic heterocycles. The molecule has 0 spiro atoms. The van der Waals surface area contributed by atoms with Crippen LogP contribution < -0.4 is 0 Å². The number of hydrogen-bond donors (Lipinski definition) is 0. The summed E-state index contributed by atoms with van der Waals surface area (Å²) in [5.74, 6) is 0. The predicted molar refractivity (Wildman–Crippen MR) is 59.0 cm³/mol. The van der Waals surface area contributed by atoms with E-state index in [9.17, 15) is 0 Å². The molecule has 1 saturated heterocycles. The first-order valence-electron chi connectivity index (χ1n) is 5.03. The minimum atomic E-state index is 0.477. The lowest BCUT2D eigenvalue weighted by atomic mass is 10.1. The summed E-state index contributed by atoms with van der Waals surface area (Å²) < 4.78 is 1.02. The second kappa shape index (κ2) is 4.36. The third-order valence-electron chi connectivity index (χ3n) is 2.75. The SMILES string of the molecule is CCN1CCCC1c1cc(Br)cnn1. The Morgan fingerprint density at radius 1 is 1.64 bits per heavy atom. The lowest BCUT2D eigenvalue weighted by Crippen LogP contribution is -2.23.